The number of para-hydroxylation sites is 1. The van der Waals surface area contributed by atoms with E-state index < -0.39 is 0 Å². The quantitative estimate of drug-likeness (QED) is 0.543. The van der Waals surface area contributed by atoms with Crippen molar-refractivity contribution in [2.45, 2.75) is 6.67 Å². The van der Waals surface area contributed by atoms with Crippen LogP contribution in [0.3, 0.4) is 0 Å². The summed E-state index contributed by atoms with van der Waals surface area (Å²) < 4.78 is 3.74. The summed E-state index contributed by atoms with van der Waals surface area (Å²) in [7, 11) is 0. The highest BCUT2D eigenvalue weighted by Crippen LogP contribution is 2.23. The van der Waals surface area contributed by atoms with Gasteiger partial charge in [0.2, 0.25) is 5.13 Å². The molecule has 1 aliphatic heterocycles. The van der Waals surface area contributed by atoms with E-state index >= 15 is 0 Å². The summed E-state index contributed by atoms with van der Waals surface area (Å²) in [5.41, 5.74) is 2.29. The van der Waals surface area contributed by atoms with Gasteiger partial charge in [0.05, 0.1) is 6.67 Å². The van der Waals surface area contributed by atoms with E-state index in [1.807, 2.05) is 28.9 Å². The van der Waals surface area contributed by atoms with Crippen molar-refractivity contribution < 1.29 is 0 Å². The first-order valence-electron chi connectivity index (χ1n) is 8.80. The maximum Gasteiger partial charge on any atom is 0.209 e. The standard InChI is InChI=1S/C19H20BrN5S2/c20-15-5-4-6-16(13-15)21-18-22-25(19(26)27-18)14-23-9-11-24(12-10-23)17-7-2-1-3-8-17/h1-8,13H,9-12,14H2,(H,21,22). The van der Waals surface area contributed by atoms with Crippen LogP contribution in [-0.2, 0) is 6.67 Å². The number of benzene rings is 2. The Labute approximate surface area is 176 Å². The van der Waals surface area contributed by atoms with Crippen LogP contribution in [0.1, 0.15) is 0 Å². The van der Waals surface area contributed by atoms with Crippen LogP contribution < -0.4 is 10.2 Å². The first-order valence-corrected chi connectivity index (χ1v) is 10.8. The fourth-order valence-electron chi connectivity index (χ4n) is 3.11. The molecular weight excluding hydrogens is 442 g/mol. The van der Waals surface area contributed by atoms with Crippen LogP contribution in [0.5, 0.6) is 0 Å². The molecular formula is C19H20BrN5S2. The zero-order valence-electron chi connectivity index (χ0n) is 14.7. The van der Waals surface area contributed by atoms with E-state index in [4.69, 9.17) is 12.2 Å². The lowest BCUT2D eigenvalue weighted by atomic mass is 10.2. The molecule has 0 amide bonds. The molecule has 1 saturated heterocycles. The molecule has 3 aromatic rings. The van der Waals surface area contributed by atoms with Gasteiger partial charge in [-0.2, -0.15) is 0 Å². The molecule has 1 aromatic heterocycles. The molecule has 27 heavy (non-hydrogen) atoms. The van der Waals surface area contributed by atoms with Gasteiger partial charge in [0, 0.05) is 42.0 Å². The summed E-state index contributed by atoms with van der Waals surface area (Å²) in [4.78, 5) is 4.83. The molecule has 4 rings (SSSR count). The number of nitrogens with zero attached hydrogens (tertiary/aromatic N) is 4. The molecule has 5 nitrogen and oxygen atoms in total. The van der Waals surface area contributed by atoms with Crippen molar-refractivity contribution >= 4 is 56.0 Å². The average Bonchev–Trinajstić information content (AvgIpc) is 3.02. The molecule has 0 spiro atoms. The van der Waals surface area contributed by atoms with E-state index in [0.29, 0.717) is 0 Å². The van der Waals surface area contributed by atoms with Gasteiger partial charge in [-0.3, -0.25) is 4.90 Å². The van der Waals surface area contributed by atoms with Gasteiger partial charge in [0.1, 0.15) is 0 Å². The Morgan fingerprint density at radius 2 is 1.81 bits per heavy atom. The number of halogens is 1. The van der Waals surface area contributed by atoms with Crippen LogP contribution in [0.4, 0.5) is 16.5 Å². The molecule has 0 aliphatic carbocycles. The summed E-state index contributed by atoms with van der Waals surface area (Å²) in [6.07, 6.45) is 0. The van der Waals surface area contributed by atoms with Crippen LogP contribution in [0.25, 0.3) is 0 Å². The third kappa shape index (κ3) is 4.76. The molecule has 1 aliphatic rings. The summed E-state index contributed by atoms with van der Waals surface area (Å²) in [6.45, 7) is 4.78. The average molecular weight is 462 g/mol. The first-order chi connectivity index (χ1) is 13.2. The fourth-order valence-corrected chi connectivity index (χ4v) is 4.52. The van der Waals surface area contributed by atoms with Crippen molar-refractivity contribution in [2.75, 3.05) is 36.4 Å². The van der Waals surface area contributed by atoms with Crippen molar-refractivity contribution in [3.8, 4) is 0 Å². The Morgan fingerprint density at radius 1 is 1.04 bits per heavy atom. The van der Waals surface area contributed by atoms with E-state index in [1.54, 1.807) is 0 Å². The molecule has 2 heterocycles. The van der Waals surface area contributed by atoms with Gasteiger partial charge < -0.3 is 10.2 Å². The van der Waals surface area contributed by atoms with Crippen molar-refractivity contribution in [3.63, 3.8) is 0 Å². The van der Waals surface area contributed by atoms with Crippen LogP contribution in [0.15, 0.2) is 59.1 Å². The van der Waals surface area contributed by atoms with Crippen molar-refractivity contribution in [2.24, 2.45) is 0 Å². The van der Waals surface area contributed by atoms with Gasteiger partial charge in [-0.25, -0.2) is 4.68 Å². The molecule has 8 heteroatoms. The highest BCUT2D eigenvalue weighted by atomic mass is 79.9. The summed E-state index contributed by atoms with van der Waals surface area (Å²) in [6, 6.07) is 18.6. The minimum atomic E-state index is 0.734. The molecule has 1 fully saturated rings. The third-order valence-electron chi connectivity index (χ3n) is 4.51. The maximum atomic E-state index is 5.52. The minimum absolute atomic E-state index is 0.734. The maximum absolute atomic E-state index is 5.52. The largest absolute Gasteiger partial charge is 0.369 e. The molecule has 0 saturated carbocycles. The van der Waals surface area contributed by atoms with Gasteiger partial charge in [-0.1, -0.05) is 51.5 Å². The Balaban J connectivity index is 1.36. The SMILES string of the molecule is S=c1sc(Nc2cccc(Br)c2)nn1CN1CCN(c2ccccc2)CC1. The lowest BCUT2D eigenvalue weighted by Gasteiger charge is -2.35. The van der Waals surface area contributed by atoms with E-state index in [-0.39, 0.29) is 0 Å². The Hall–Kier alpha value is -1.74. The second kappa shape index (κ2) is 8.52. The Kier molecular flexibility index (Phi) is 5.87. The molecule has 0 radical (unpaired) electrons. The zero-order valence-corrected chi connectivity index (χ0v) is 17.9. The normalized spacial score (nSPS) is 15.1. The number of hydrogen-bond acceptors (Lipinski definition) is 6. The van der Waals surface area contributed by atoms with E-state index in [0.717, 1.165) is 52.1 Å². The van der Waals surface area contributed by atoms with Crippen LogP contribution in [0, 0.1) is 3.95 Å². The monoisotopic (exact) mass is 461 g/mol. The Morgan fingerprint density at radius 3 is 2.56 bits per heavy atom. The van der Waals surface area contributed by atoms with Gasteiger partial charge in [0.15, 0.2) is 3.95 Å². The van der Waals surface area contributed by atoms with Crippen molar-refractivity contribution in [1.82, 2.24) is 14.7 Å². The van der Waals surface area contributed by atoms with Gasteiger partial charge >= 0.3 is 0 Å². The van der Waals surface area contributed by atoms with Crippen LogP contribution >= 0.6 is 39.5 Å². The lowest BCUT2D eigenvalue weighted by Crippen LogP contribution is -2.46. The highest BCUT2D eigenvalue weighted by molar-refractivity contribution is 9.10. The van der Waals surface area contributed by atoms with E-state index in [2.05, 4.69) is 66.5 Å². The Bertz CT molecular complexity index is 948. The zero-order chi connectivity index (χ0) is 18.6. The van der Waals surface area contributed by atoms with Gasteiger partial charge in [-0.15, -0.1) is 5.10 Å². The molecule has 140 valence electrons. The predicted octanol–water partition coefficient (Wildman–Crippen LogP) is 4.96. The molecule has 0 atom stereocenters. The third-order valence-corrected chi connectivity index (χ3v) is 6.23. The lowest BCUT2D eigenvalue weighted by molar-refractivity contribution is 0.195. The second-order valence-electron chi connectivity index (χ2n) is 6.39. The summed E-state index contributed by atoms with van der Waals surface area (Å²) >= 11 is 10.5. The van der Waals surface area contributed by atoms with Crippen LogP contribution in [0.2, 0.25) is 0 Å². The second-order valence-corrected chi connectivity index (χ2v) is 8.93. The topological polar surface area (TPSA) is 36.3 Å². The minimum Gasteiger partial charge on any atom is -0.369 e. The van der Waals surface area contributed by atoms with Crippen LogP contribution in [-0.4, -0.2) is 40.9 Å². The van der Waals surface area contributed by atoms with E-state index in [1.165, 1.54) is 17.0 Å². The number of piperazine rings is 1. The fraction of sp³-hybridized carbons (Fsp3) is 0.263. The number of nitrogens with one attached hydrogen (secondary N) is 1. The molecule has 0 unspecified atom stereocenters. The molecule has 0 bridgehead atoms. The smallest absolute Gasteiger partial charge is 0.209 e. The summed E-state index contributed by atoms with van der Waals surface area (Å²) in [5.74, 6) is 0. The number of aromatic nitrogens is 2. The number of anilines is 3. The molecule has 2 aromatic carbocycles. The van der Waals surface area contributed by atoms with Gasteiger partial charge in [0.25, 0.3) is 0 Å². The molecule has 1 N–H and O–H groups in total. The predicted molar refractivity (Wildman–Crippen MR) is 119 cm³/mol. The number of hydrogen-bond donors (Lipinski definition) is 1. The van der Waals surface area contributed by atoms with Gasteiger partial charge in [-0.05, 0) is 42.5 Å². The highest BCUT2D eigenvalue weighted by Gasteiger charge is 2.18. The van der Waals surface area contributed by atoms with Crippen molar-refractivity contribution in [1.29, 1.82) is 0 Å². The first kappa shape index (κ1) is 18.6. The van der Waals surface area contributed by atoms with Crippen molar-refractivity contribution in [3.05, 3.63) is 63.0 Å². The van der Waals surface area contributed by atoms with E-state index in [9.17, 15) is 0 Å². The summed E-state index contributed by atoms with van der Waals surface area (Å²) in [5, 5.41) is 8.81. The number of rotatable bonds is 5.